The van der Waals surface area contributed by atoms with E-state index in [1.165, 1.54) is 0 Å². The summed E-state index contributed by atoms with van der Waals surface area (Å²) in [5, 5.41) is 29.9. The Morgan fingerprint density at radius 2 is 0.823 bits per heavy atom. The van der Waals surface area contributed by atoms with Crippen LogP contribution < -0.4 is 9.80 Å². The molecule has 0 amide bonds. The number of para-hydroxylation sites is 3. The molecule has 0 unspecified atom stereocenters. The van der Waals surface area contributed by atoms with E-state index in [0.29, 0.717) is 22.4 Å². The van der Waals surface area contributed by atoms with Crippen LogP contribution in [0.15, 0.2) is 197 Å². The van der Waals surface area contributed by atoms with Gasteiger partial charge in [-0.05, 0) is 113 Å². The van der Waals surface area contributed by atoms with Crippen LogP contribution in [0.3, 0.4) is 0 Å². The van der Waals surface area contributed by atoms with Crippen LogP contribution >= 0.6 is 0 Å². The van der Waals surface area contributed by atoms with Crippen LogP contribution in [0.1, 0.15) is 11.1 Å². The first-order chi connectivity index (χ1) is 30.7. The van der Waals surface area contributed by atoms with Crippen LogP contribution in [0.5, 0.6) is 0 Å². The quantitative estimate of drug-likeness (QED) is 0.155. The Balaban J connectivity index is 1.17. The Morgan fingerprint density at radius 1 is 0.371 bits per heavy atom. The second-order valence-corrected chi connectivity index (χ2v) is 15.3. The molecule has 0 N–H and O–H groups in total. The third-order valence-corrected chi connectivity index (χ3v) is 11.9. The molecule has 288 valence electrons. The van der Waals surface area contributed by atoms with E-state index >= 15 is 0 Å². The van der Waals surface area contributed by atoms with Crippen LogP contribution in [0.4, 0.5) is 34.1 Å². The SMILES string of the molecule is N#Cc1ccc(N(c2cc3c4ccccc4c(N(c4ccc(C#N)cc4)c4cccc5c4oc4ncccc45)cc3c3ccccc23)c2cccc3c2oc2ccccc23)cc1. The summed E-state index contributed by atoms with van der Waals surface area (Å²) in [6, 6.07) is 66.2. The fraction of sp³-hybridized carbons (Fsp3) is 0. The standard InChI is InChI=1S/C55H31N5O2/c56-32-34-21-25-36(26-22-34)59(48-18-7-15-43-42-14-5-6-20-52(42)61-53(43)48)50-30-46-39-11-2-4-13-41(39)51(31-47(46)38-10-1-3-12-40(38)50)60(37-27-23-35(33-57)24-28-37)49-19-8-16-44-45-17-9-29-58-55(45)62-54(44)49/h1-31H. The monoisotopic (exact) mass is 793 g/mol. The number of furan rings is 2. The van der Waals surface area contributed by atoms with Crippen molar-refractivity contribution < 1.29 is 8.83 Å². The van der Waals surface area contributed by atoms with E-state index < -0.39 is 0 Å². The number of pyridine rings is 1. The molecule has 0 aliphatic rings. The molecular formula is C55H31N5O2. The molecule has 0 atom stereocenters. The van der Waals surface area contributed by atoms with Crippen molar-refractivity contribution in [3.63, 3.8) is 0 Å². The lowest BCUT2D eigenvalue weighted by Gasteiger charge is -2.29. The Labute approximate surface area is 354 Å². The number of fused-ring (bicyclic) bond motifs is 11. The summed E-state index contributed by atoms with van der Waals surface area (Å²) in [4.78, 5) is 9.07. The fourth-order valence-corrected chi connectivity index (χ4v) is 9.17. The molecule has 0 bridgehead atoms. The van der Waals surface area contributed by atoms with Crippen molar-refractivity contribution >= 4 is 110 Å². The number of aromatic nitrogens is 1. The van der Waals surface area contributed by atoms with Crippen molar-refractivity contribution in [1.29, 1.82) is 10.5 Å². The predicted octanol–water partition coefficient (Wildman–Crippen LogP) is 15.0. The smallest absolute Gasteiger partial charge is 0.227 e. The van der Waals surface area contributed by atoms with Crippen LogP contribution in [0.25, 0.3) is 76.3 Å². The maximum absolute atomic E-state index is 9.80. The van der Waals surface area contributed by atoms with E-state index in [9.17, 15) is 10.5 Å². The minimum absolute atomic E-state index is 0.571. The molecule has 0 fully saturated rings. The predicted molar refractivity (Wildman–Crippen MR) is 250 cm³/mol. The van der Waals surface area contributed by atoms with Crippen LogP contribution in [0.2, 0.25) is 0 Å². The Morgan fingerprint density at radius 3 is 1.37 bits per heavy atom. The van der Waals surface area contributed by atoms with Crippen molar-refractivity contribution in [3.8, 4) is 12.1 Å². The average molecular weight is 794 g/mol. The number of hydrogen-bond acceptors (Lipinski definition) is 7. The molecule has 7 heteroatoms. The van der Waals surface area contributed by atoms with Crippen LogP contribution in [0, 0.1) is 22.7 Å². The molecule has 0 spiro atoms. The molecule has 0 saturated carbocycles. The van der Waals surface area contributed by atoms with Gasteiger partial charge in [0, 0.05) is 49.9 Å². The van der Waals surface area contributed by atoms with Gasteiger partial charge in [0.05, 0.1) is 46.0 Å². The lowest BCUT2D eigenvalue weighted by atomic mass is 9.93. The maximum atomic E-state index is 9.80. The van der Waals surface area contributed by atoms with Crippen LogP contribution in [-0.4, -0.2) is 4.98 Å². The van der Waals surface area contributed by atoms with Gasteiger partial charge in [-0.3, -0.25) is 0 Å². The first-order valence-electron chi connectivity index (χ1n) is 20.3. The average Bonchev–Trinajstić information content (AvgIpc) is 3.92. The normalized spacial score (nSPS) is 11.5. The molecule has 0 saturated heterocycles. The highest BCUT2D eigenvalue weighted by atomic mass is 16.3. The highest BCUT2D eigenvalue weighted by molar-refractivity contribution is 6.25. The van der Waals surface area contributed by atoms with E-state index in [4.69, 9.17) is 8.83 Å². The summed E-state index contributed by atoms with van der Waals surface area (Å²) in [6.45, 7) is 0. The third kappa shape index (κ3) is 5.33. The van der Waals surface area contributed by atoms with Gasteiger partial charge in [0.2, 0.25) is 5.71 Å². The number of hydrogen-bond donors (Lipinski definition) is 0. The lowest BCUT2D eigenvalue weighted by Crippen LogP contribution is -2.12. The molecule has 0 aliphatic heterocycles. The molecule has 9 aromatic carbocycles. The van der Waals surface area contributed by atoms with E-state index in [-0.39, 0.29) is 0 Å². The first-order valence-corrected chi connectivity index (χ1v) is 20.3. The van der Waals surface area contributed by atoms with Gasteiger partial charge in [0.1, 0.15) is 5.58 Å². The number of anilines is 6. The lowest BCUT2D eigenvalue weighted by molar-refractivity contribution is 0.654. The molecule has 12 rings (SSSR count). The van der Waals surface area contributed by atoms with E-state index in [1.54, 1.807) is 6.20 Å². The third-order valence-electron chi connectivity index (χ3n) is 11.9. The summed E-state index contributed by atoms with van der Waals surface area (Å²) >= 11 is 0. The second-order valence-electron chi connectivity index (χ2n) is 15.3. The van der Waals surface area contributed by atoms with Gasteiger partial charge < -0.3 is 18.6 Å². The van der Waals surface area contributed by atoms with Gasteiger partial charge in [0.15, 0.2) is 11.2 Å². The highest BCUT2D eigenvalue weighted by Gasteiger charge is 2.26. The van der Waals surface area contributed by atoms with E-state index in [0.717, 1.165) is 99.2 Å². The largest absolute Gasteiger partial charge is 0.454 e. The van der Waals surface area contributed by atoms with Crippen molar-refractivity contribution in [3.05, 3.63) is 199 Å². The van der Waals surface area contributed by atoms with Crippen molar-refractivity contribution in [2.45, 2.75) is 0 Å². The minimum atomic E-state index is 0.571. The molecule has 0 aliphatic carbocycles. The zero-order valence-electron chi connectivity index (χ0n) is 33.0. The summed E-state index contributed by atoms with van der Waals surface area (Å²) in [7, 11) is 0. The summed E-state index contributed by atoms with van der Waals surface area (Å²) < 4.78 is 13.3. The molecule has 0 radical (unpaired) electrons. The van der Waals surface area contributed by atoms with Gasteiger partial charge in [-0.25, -0.2) is 4.98 Å². The fourth-order valence-electron chi connectivity index (χ4n) is 9.17. The summed E-state index contributed by atoms with van der Waals surface area (Å²) in [5.74, 6) is 0. The van der Waals surface area contributed by atoms with Crippen molar-refractivity contribution in [2.24, 2.45) is 0 Å². The Bertz CT molecular complexity index is 3600. The van der Waals surface area contributed by atoms with Gasteiger partial charge in [-0.2, -0.15) is 10.5 Å². The zero-order valence-corrected chi connectivity index (χ0v) is 33.0. The van der Waals surface area contributed by atoms with Gasteiger partial charge in [0.25, 0.3) is 0 Å². The molecule has 7 nitrogen and oxygen atoms in total. The van der Waals surface area contributed by atoms with Crippen molar-refractivity contribution in [1.82, 2.24) is 4.98 Å². The first kappa shape index (κ1) is 35.1. The zero-order chi connectivity index (χ0) is 41.3. The molecular weight excluding hydrogens is 763 g/mol. The number of benzene rings is 9. The number of nitriles is 2. The minimum Gasteiger partial charge on any atom is -0.454 e. The highest BCUT2D eigenvalue weighted by Crippen LogP contribution is 2.50. The molecule has 62 heavy (non-hydrogen) atoms. The van der Waals surface area contributed by atoms with Crippen LogP contribution in [-0.2, 0) is 0 Å². The van der Waals surface area contributed by atoms with Crippen molar-refractivity contribution in [2.75, 3.05) is 9.80 Å². The molecule has 3 heterocycles. The van der Waals surface area contributed by atoms with Gasteiger partial charge in [-0.1, -0.05) is 91.0 Å². The topological polar surface area (TPSA) is 93.2 Å². The molecule has 3 aromatic heterocycles. The number of nitrogens with zero attached hydrogens (tertiary/aromatic N) is 5. The van der Waals surface area contributed by atoms with E-state index in [1.807, 2.05) is 78.9 Å². The molecule has 12 aromatic rings. The Kier molecular flexibility index (Phi) is 7.83. The maximum Gasteiger partial charge on any atom is 0.227 e. The van der Waals surface area contributed by atoms with Gasteiger partial charge >= 0.3 is 0 Å². The second kappa shape index (κ2) is 13.8. The summed E-state index contributed by atoms with van der Waals surface area (Å²) in [6.07, 6.45) is 1.75. The van der Waals surface area contributed by atoms with E-state index in [2.05, 4.69) is 130 Å². The number of rotatable bonds is 6. The van der Waals surface area contributed by atoms with Gasteiger partial charge in [-0.15, -0.1) is 0 Å². The Hall–Kier alpha value is -8.91. The summed E-state index contributed by atoms with van der Waals surface area (Å²) in [5.41, 5.74) is 9.45.